The number of anilines is 2. The molecule has 1 aliphatic carbocycles. The highest BCUT2D eigenvalue weighted by molar-refractivity contribution is 5.49. The largest absolute Gasteiger partial charge is 0.433 e. The fourth-order valence-corrected chi connectivity index (χ4v) is 5.26. The van der Waals surface area contributed by atoms with Gasteiger partial charge in [-0.1, -0.05) is 0 Å². The van der Waals surface area contributed by atoms with Crippen LogP contribution in [0.5, 0.6) is 11.8 Å². The van der Waals surface area contributed by atoms with E-state index in [-0.39, 0.29) is 41.6 Å². The lowest BCUT2D eigenvalue weighted by Crippen LogP contribution is -2.48. The van der Waals surface area contributed by atoms with Crippen LogP contribution in [0.4, 0.5) is 42.4 Å². The van der Waals surface area contributed by atoms with E-state index in [4.69, 9.17) is 4.74 Å². The third-order valence-corrected chi connectivity index (χ3v) is 7.07. The van der Waals surface area contributed by atoms with Crippen LogP contribution in [0.25, 0.3) is 0 Å². The van der Waals surface area contributed by atoms with Crippen molar-refractivity contribution in [2.24, 2.45) is 11.8 Å². The number of nitrogens with one attached hydrogen (secondary N) is 1. The van der Waals surface area contributed by atoms with Crippen molar-refractivity contribution < 1.29 is 35.5 Å². The van der Waals surface area contributed by atoms with Crippen molar-refractivity contribution in [1.29, 1.82) is 0 Å². The van der Waals surface area contributed by atoms with Crippen LogP contribution in [0.3, 0.4) is 0 Å². The predicted octanol–water partition coefficient (Wildman–Crippen LogP) is 6.55. The molecule has 2 aromatic heterocycles. The molecule has 0 spiro atoms. The minimum Gasteiger partial charge on any atom is -0.424 e. The number of ether oxygens (including phenoxy) is 1. The maximum absolute atomic E-state index is 13.7. The number of aromatic nitrogens is 4. The van der Waals surface area contributed by atoms with Crippen LogP contribution in [0.15, 0.2) is 36.5 Å². The fraction of sp³-hybridized carbons (Fsp3) is 0.480. The van der Waals surface area contributed by atoms with Gasteiger partial charge >= 0.3 is 18.4 Å². The first-order valence-corrected chi connectivity index (χ1v) is 12.4. The van der Waals surface area contributed by atoms with Gasteiger partial charge in [-0.3, -0.25) is 4.98 Å². The number of pyridine rings is 1. The van der Waals surface area contributed by atoms with E-state index >= 15 is 0 Å². The van der Waals surface area contributed by atoms with E-state index in [1.54, 1.807) is 19.9 Å². The van der Waals surface area contributed by atoms with Gasteiger partial charge in [0.1, 0.15) is 17.3 Å². The monoisotopic (exact) mass is 558 g/mol. The molecular weight excluding hydrogens is 533 g/mol. The predicted molar refractivity (Wildman–Crippen MR) is 127 cm³/mol. The maximum atomic E-state index is 13.7. The van der Waals surface area contributed by atoms with E-state index in [9.17, 15) is 30.7 Å². The van der Waals surface area contributed by atoms with Gasteiger partial charge in [0, 0.05) is 31.0 Å². The molecule has 0 radical (unpaired) electrons. The molecule has 5 rings (SSSR count). The highest BCUT2D eigenvalue weighted by Crippen LogP contribution is 2.41. The molecule has 1 aliphatic heterocycles. The highest BCUT2D eigenvalue weighted by Gasteiger charge is 2.43. The summed E-state index contributed by atoms with van der Waals surface area (Å²) < 4.78 is 99.5. The van der Waals surface area contributed by atoms with Crippen molar-refractivity contribution in [3.8, 4) is 11.8 Å². The second-order valence-corrected chi connectivity index (χ2v) is 10.1. The van der Waals surface area contributed by atoms with E-state index in [1.807, 2.05) is 4.90 Å². The lowest BCUT2D eigenvalue weighted by molar-refractivity contribution is -0.141. The molecule has 2 bridgehead atoms. The molecule has 7 nitrogen and oxygen atoms in total. The van der Waals surface area contributed by atoms with Gasteiger partial charge in [-0.05, 0) is 68.9 Å². The molecule has 2 aliphatic rings. The molecule has 1 aromatic carbocycles. The van der Waals surface area contributed by atoms with E-state index in [0.29, 0.717) is 30.9 Å². The zero-order chi connectivity index (χ0) is 28.1. The number of halogens is 7. The Bertz CT molecular complexity index is 1330. The van der Waals surface area contributed by atoms with Crippen LogP contribution in [0.1, 0.15) is 44.0 Å². The van der Waals surface area contributed by atoms with E-state index in [2.05, 4.69) is 20.4 Å². The number of hydrogen-bond donors (Lipinski definition) is 1. The molecule has 2 fully saturated rings. The summed E-state index contributed by atoms with van der Waals surface area (Å²) in [4.78, 5) is 9.71. The molecule has 3 aromatic rings. The normalized spacial score (nSPS) is 21.5. The summed E-state index contributed by atoms with van der Waals surface area (Å²) in [5, 5.41) is 7.74. The van der Waals surface area contributed by atoms with Crippen molar-refractivity contribution >= 4 is 11.6 Å². The molecule has 39 heavy (non-hydrogen) atoms. The summed E-state index contributed by atoms with van der Waals surface area (Å²) in [6.07, 6.45) is -6.54. The second-order valence-electron chi connectivity index (χ2n) is 10.1. The van der Waals surface area contributed by atoms with Crippen LogP contribution in [-0.2, 0) is 12.4 Å². The summed E-state index contributed by atoms with van der Waals surface area (Å²) in [5.74, 6) is -1.23. The third kappa shape index (κ3) is 5.59. The Morgan fingerprint density at radius 3 is 2.28 bits per heavy atom. The van der Waals surface area contributed by atoms with Crippen molar-refractivity contribution in [3.05, 3.63) is 53.6 Å². The molecule has 1 saturated carbocycles. The van der Waals surface area contributed by atoms with Crippen molar-refractivity contribution in [1.82, 2.24) is 19.7 Å². The summed E-state index contributed by atoms with van der Waals surface area (Å²) in [5.41, 5.74) is -1.93. The van der Waals surface area contributed by atoms with Gasteiger partial charge in [0.15, 0.2) is 0 Å². The molecule has 3 atom stereocenters. The average molecular weight is 559 g/mol. The second kappa shape index (κ2) is 9.87. The topological polar surface area (TPSA) is 68.1 Å². The summed E-state index contributed by atoms with van der Waals surface area (Å²) in [6, 6.07) is 4.59. The molecule has 0 unspecified atom stereocenters. The molecule has 3 heterocycles. The number of nitrogens with zero attached hydrogens (tertiary/aromatic N) is 5. The smallest absolute Gasteiger partial charge is 0.424 e. The first-order chi connectivity index (χ1) is 18.3. The molecule has 210 valence electrons. The van der Waals surface area contributed by atoms with Crippen molar-refractivity contribution in [2.75, 3.05) is 23.3 Å². The van der Waals surface area contributed by atoms with Crippen LogP contribution >= 0.6 is 0 Å². The highest BCUT2D eigenvalue weighted by atomic mass is 19.4. The number of alkyl halides is 6. The lowest BCUT2D eigenvalue weighted by atomic mass is 9.92. The molecular formula is C25H25F7N6O. The number of piperidine rings is 1. The van der Waals surface area contributed by atoms with E-state index < -0.39 is 29.4 Å². The number of benzene rings is 1. The zero-order valence-corrected chi connectivity index (χ0v) is 20.9. The first-order valence-electron chi connectivity index (χ1n) is 12.4. The minimum absolute atomic E-state index is 0.0521. The Morgan fingerprint density at radius 1 is 0.974 bits per heavy atom. The van der Waals surface area contributed by atoms with Crippen LogP contribution in [0, 0.1) is 17.7 Å². The molecule has 1 N–H and O–H groups in total. The number of rotatable bonds is 6. The zero-order valence-electron chi connectivity index (χ0n) is 20.9. The SMILES string of the molecule is CC(C)n1nc(N[C@@H]2[C@@H]3CC[C@H]2CN(c2ccnc(C(F)(F)F)c2)C3)nc1Oc1ccc(F)c(C(F)(F)F)c1. The Hall–Kier alpha value is -3.58. The van der Waals surface area contributed by atoms with E-state index in [1.165, 1.54) is 4.68 Å². The molecule has 1 saturated heterocycles. The van der Waals surface area contributed by atoms with Crippen LogP contribution in [-0.4, -0.2) is 38.9 Å². The van der Waals surface area contributed by atoms with E-state index in [0.717, 1.165) is 31.2 Å². The first kappa shape index (κ1) is 27.0. The van der Waals surface area contributed by atoms with Gasteiger partial charge in [-0.15, -0.1) is 5.10 Å². The van der Waals surface area contributed by atoms with Crippen LogP contribution in [0.2, 0.25) is 0 Å². The summed E-state index contributed by atoms with van der Waals surface area (Å²) in [6.45, 7) is 4.64. The quantitative estimate of drug-likeness (QED) is 0.346. The fourth-order valence-electron chi connectivity index (χ4n) is 5.26. The van der Waals surface area contributed by atoms with Gasteiger partial charge < -0.3 is 15.0 Å². The maximum Gasteiger partial charge on any atom is 0.433 e. The number of hydrogen-bond acceptors (Lipinski definition) is 6. The number of fused-ring (bicyclic) bond motifs is 2. The van der Waals surface area contributed by atoms with Gasteiger partial charge in [0.05, 0.1) is 11.6 Å². The summed E-state index contributed by atoms with van der Waals surface area (Å²) >= 11 is 0. The molecule has 0 amide bonds. The van der Waals surface area contributed by atoms with Crippen molar-refractivity contribution in [2.45, 2.75) is 51.1 Å². The Balaban J connectivity index is 1.32. The van der Waals surface area contributed by atoms with Crippen LogP contribution < -0.4 is 15.0 Å². The average Bonchev–Trinajstić information content (AvgIpc) is 3.34. The van der Waals surface area contributed by atoms with Gasteiger partial charge in [0.25, 0.3) is 0 Å². The summed E-state index contributed by atoms with van der Waals surface area (Å²) in [7, 11) is 0. The molecule has 14 heteroatoms. The Morgan fingerprint density at radius 2 is 1.67 bits per heavy atom. The van der Waals surface area contributed by atoms with Gasteiger partial charge in [0.2, 0.25) is 5.95 Å². The standard InChI is InChI=1S/C25H25F7N6O/c1-13(2)38-23(39-17-5-6-19(26)18(10-17)24(27,28)29)35-22(36-38)34-21-14-3-4-15(21)12-37(11-14)16-7-8-33-20(9-16)25(30,31)32/h5-10,13-15,21H,3-4,11-12H2,1-2H3,(H,34,36)/t14-,15+,21-. The lowest BCUT2D eigenvalue weighted by Gasteiger charge is -2.39. The van der Waals surface area contributed by atoms with Gasteiger partial charge in [-0.2, -0.15) is 31.3 Å². The van der Waals surface area contributed by atoms with Crippen molar-refractivity contribution in [3.63, 3.8) is 0 Å². The van der Waals surface area contributed by atoms with Gasteiger partial charge in [-0.25, -0.2) is 9.07 Å². The Labute approximate surface area is 219 Å². The third-order valence-electron chi connectivity index (χ3n) is 7.07. The Kier molecular flexibility index (Phi) is 6.83. The minimum atomic E-state index is -4.89.